The molecule has 0 aliphatic rings. The first kappa shape index (κ1) is 8.96. The molecule has 0 aliphatic carbocycles. The van der Waals surface area contributed by atoms with Crippen LogP contribution in [0, 0.1) is 0 Å². The lowest BCUT2D eigenvalue weighted by Crippen LogP contribution is -2.16. The summed E-state index contributed by atoms with van der Waals surface area (Å²) in [5.74, 6) is 0.907. The molecule has 2 N–H and O–H groups in total. The second-order valence-corrected chi connectivity index (χ2v) is 2.99. The molecule has 2 heterocycles. The maximum Gasteiger partial charge on any atom is 0.137 e. The van der Waals surface area contributed by atoms with E-state index in [4.69, 9.17) is 4.42 Å². The highest BCUT2D eigenvalue weighted by Gasteiger charge is 1.96. The van der Waals surface area contributed by atoms with Gasteiger partial charge in [0.15, 0.2) is 0 Å². The Hall–Kier alpha value is -1.62. The SMILES string of the molecule is c1n[nH]c(CCNCc2ccoc2)n1. The second-order valence-electron chi connectivity index (χ2n) is 2.99. The molecule has 0 radical (unpaired) electrons. The Morgan fingerprint density at radius 1 is 1.50 bits per heavy atom. The van der Waals surface area contributed by atoms with Crippen LogP contribution in [0.5, 0.6) is 0 Å². The van der Waals surface area contributed by atoms with Gasteiger partial charge in [-0.1, -0.05) is 0 Å². The minimum Gasteiger partial charge on any atom is -0.472 e. The molecule has 0 saturated carbocycles. The molecular weight excluding hydrogens is 180 g/mol. The molecule has 0 aliphatic heterocycles. The Balaban J connectivity index is 1.65. The molecule has 0 unspecified atom stereocenters. The number of hydrogen-bond acceptors (Lipinski definition) is 4. The van der Waals surface area contributed by atoms with Crippen molar-refractivity contribution in [2.24, 2.45) is 0 Å². The van der Waals surface area contributed by atoms with Crippen molar-refractivity contribution in [2.75, 3.05) is 6.54 Å². The topological polar surface area (TPSA) is 66.7 Å². The minimum atomic E-state index is 0.824. The van der Waals surface area contributed by atoms with E-state index in [1.807, 2.05) is 6.07 Å². The fraction of sp³-hybridized carbons (Fsp3) is 0.333. The molecule has 74 valence electrons. The summed E-state index contributed by atoms with van der Waals surface area (Å²) in [5.41, 5.74) is 1.16. The van der Waals surface area contributed by atoms with Crippen molar-refractivity contribution >= 4 is 0 Å². The third-order valence-corrected chi connectivity index (χ3v) is 1.91. The first-order chi connectivity index (χ1) is 6.95. The number of aromatic nitrogens is 3. The zero-order valence-electron chi connectivity index (χ0n) is 7.73. The van der Waals surface area contributed by atoms with Crippen molar-refractivity contribution in [3.63, 3.8) is 0 Å². The first-order valence-corrected chi connectivity index (χ1v) is 4.51. The van der Waals surface area contributed by atoms with E-state index in [1.165, 1.54) is 6.33 Å². The fourth-order valence-electron chi connectivity index (χ4n) is 1.18. The van der Waals surface area contributed by atoms with E-state index in [2.05, 4.69) is 20.5 Å². The summed E-state index contributed by atoms with van der Waals surface area (Å²) < 4.78 is 4.95. The van der Waals surface area contributed by atoms with Crippen molar-refractivity contribution in [2.45, 2.75) is 13.0 Å². The van der Waals surface area contributed by atoms with Crippen LogP contribution in [0.15, 0.2) is 29.3 Å². The molecule has 0 aromatic carbocycles. The summed E-state index contributed by atoms with van der Waals surface area (Å²) >= 11 is 0. The quantitative estimate of drug-likeness (QED) is 0.685. The molecule has 0 amide bonds. The van der Waals surface area contributed by atoms with E-state index in [-0.39, 0.29) is 0 Å². The number of furan rings is 1. The highest BCUT2D eigenvalue weighted by atomic mass is 16.3. The average molecular weight is 192 g/mol. The predicted octanol–water partition coefficient (Wildman–Crippen LogP) is 0.730. The van der Waals surface area contributed by atoms with Crippen LogP contribution in [0.25, 0.3) is 0 Å². The van der Waals surface area contributed by atoms with E-state index in [1.54, 1.807) is 12.5 Å². The minimum absolute atomic E-state index is 0.824. The largest absolute Gasteiger partial charge is 0.472 e. The maximum atomic E-state index is 4.95. The molecule has 0 saturated heterocycles. The van der Waals surface area contributed by atoms with Gasteiger partial charge in [0, 0.05) is 25.1 Å². The van der Waals surface area contributed by atoms with Gasteiger partial charge in [-0.2, -0.15) is 5.10 Å². The Bertz CT molecular complexity index is 305. The summed E-state index contributed by atoms with van der Waals surface area (Å²) in [6.07, 6.45) is 5.79. The molecule has 0 atom stereocenters. The number of H-pyrrole nitrogens is 1. The predicted molar refractivity (Wildman–Crippen MR) is 50.5 cm³/mol. The van der Waals surface area contributed by atoms with Crippen molar-refractivity contribution in [1.29, 1.82) is 0 Å². The van der Waals surface area contributed by atoms with Crippen LogP contribution in [0.4, 0.5) is 0 Å². The Morgan fingerprint density at radius 2 is 2.50 bits per heavy atom. The number of rotatable bonds is 5. The van der Waals surface area contributed by atoms with Crippen LogP contribution >= 0.6 is 0 Å². The number of hydrogen-bond donors (Lipinski definition) is 2. The van der Waals surface area contributed by atoms with Crippen LogP contribution in [0.3, 0.4) is 0 Å². The van der Waals surface area contributed by atoms with E-state index >= 15 is 0 Å². The monoisotopic (exact) mass is 192 g/mol. The fourth-order valence-corrected chi connectivity index (χ4v) is 1.18. The maximum absolute atomic E-state index is 4.95. The van der Waals surface area contributed by atoms with Crippen molar-refractivity contribution in [3.05, 3.63) is 36.3 Å². The Labute approximate surface area is 81.5 Å². The average Bonchev–Trinajstić information content (AvgIpc) is 2.86. The Kier molecular flexibility index (Phi) is 2.92. The molecule has 2 aromatic heterocycles. The lowest BCUT2D eigenvalue weighted by molar-refractivity contribution is 0.560. The molecule has 5 nitrogen and oxygen atoms in total. The van der Waals surface area contributed by atoms with E-state index in [9.17, 15) is 0 Å². The van der Waals surface area contributed by atoms with Crippen LogP contribution in [0.1, 0.15) is 11.4 Å². The molecule has 5 heteroatoms. The second kappa shape index (κ2) is 4.57. The van der Waals surface area contributed by atoms with Crippen molar-refractivity contribution in [3.8, 4) is 0 Å². The molecule has 2 aromatic rings. The first-order valence-electron chi connectivity index (χ1n) is 4.51. The molecule has 0 fully saturated rings. The lowest BCUT2D eigenvalue weighted by atomic mass is 10.3. The standard InChI is InChI=1S/C9H12N4O/c1(9-11-7-12-13-9)3-10-5-8-2-4-14-6-8/h2,4,6-7,10H,1,3,5H2,(H,11,12,13). The van der Waals surface area contributed by atoms with Gasteiger partial charge < -0.3 is 9.73 Å². The van der Waals surface area contributed by atoms with Crippen LogP contribution in [-0.2, 0) is 13.0 Å². The smallest absolute Gasteiger partial charge is 0.137 e. The van der Waals surface area contributed by atoms with Crippen LogP contribution in [0.2, 0.25) is 0 Å². The van der Waals surface area contributed by atoms with Gasteiger partial charge in [-0.15, -0.1) is 0 Å². The van der Waals surface area contributed by atoms with E-state index < -0.39 is 0 Å². The van der Waals surface area contributed by atoms with Gasteiger partial charge in [-0.05, 0) is 6.07 Å². The molecular formula is C9H12N4O. The van der Waals surface area contributed by atoms with E-state index in [0.717, 1.165) is 30.9 Å². The highest BCUT2D eigenvalue weighted by molar-refractivity contribution is 5.04. The highest BCUT2D eigenvalue weighted by Crippen LogP contribution is 1.98. The molecule has 0 spiro atoms. The third kappa shape index (κ3) is 2.43. The number of nitrogens with zero attached hydrogens (tertiary/aromatic N) is 2. The third-order valence-electron chi connectivity index (χ3n) is 1.91. The van der Waals surface area contributed by atoms with Crippen LogP contribution in [-0.4, -0.2) is 21.7 Å². The van der Waals surface area contributed by atoms with E-state index in [0.29, 0.717) is 0 Å². The van der Waals surface area contributed by atoms with Crippen LogP contribution < -0.4 is 5.32 Å². The van der Waals surface area contributed by atoms with Gasteiger partial charge in [0.05, 0.1) is 12.5 Å². The number of nitrogens with one attached hydrogen (secondary N) is 2. The lowest BCUT2D eigenvalue weighted by Gasteiger charge is -1.99. The summed E-state index contributed by atoms with van der Waals surface area (Å²) in [7, 11) is 0. The zero-order valence-corrected chi connectivity index (χ0v) is 7.73. The van der Waals surface area contributed by atoms with Gasteiger partial charge in [0.2, 0.25) is 0 Å². The van der Waals surface area contributed by atoms with Crippen molar-refractivity contribution < 1.29 is 4.42 Å². The molecule has 2 rings (SSSR count). The molecule has 0 bridgehead atoms. The number of aromatic amines is 1. The Morgan fingerprint density at radius 3 is 3.21 bits per heavy atom. The van der Waals surface area contributed by atoms with Crippen molar-refractivity contribution in [1.82, 2.24) is 20.5 Å². The summed E-state index contributed by atoms with van der Waals surface area (Å²) in [6, 6.07) is 1.95. The van der Waals surface area contributed by atoms with Gasteiger partial charge in [-0.3, -0.25) is 5.10 Å². The van der Waals surface area contributed by atoms with Gasteiger partial charge in [0.1, 0.15) is 12.2 Å². The molecule has 14 heavy (non-hydrogen) atoms. The zero-order chi connectivity index (χ0) is 9.64. The van der Waals surface area contributed by atoms with Gasteiger partial charge >= 0.3 is 0 Å². The summed E-state index contributed by atoms with van der Waals surface area (Å²) in [5, 5.41) is 9.86. The van der Waals surface area contributed by atoms with Gasteiger partial charge in [-0.25, -0.2) is 4.98 Å². The summed E-state index contributed by atoms with van der Waals surface area (Å²) in [6.45, 7) is 1.70. The summed E-state index contributed by atoms with van der Waals surface area (Å²) in [4.78, 5) is 4.03. The normalized spacial score (nSPS) is 10.6. The van der Waals surface area contributed by atoms with Gasteiger partial charge in [0.25, 0.3) is 0 Å².